The van der Waals surface area contributed by atoms with Crippen molar-refractivity contribution in [2.75, 3.05) is 26.7 Å². The third-order valence-corrected chi connectivity index (χ3v) is 5.55. The number of thiazole rings is 1. The van der Waals surface area contributed by atoms with E-state index in [-0.39, 0.29) is 5.91 Å². The van der Waals surface area contributed by atoms with Crippen LogP contribution >= 0.6 is 11.3 Å². The number of likely N-dealkylation sites (N-methyl/N-ethyl adjacent to an activating group) is 1. The van der Waals surface area contributed by atoms with Crippen molar-refractivity contribution in [3.63, 3.8) is 0 Å². The molecule has 2 aromatic rings. The fourth-order valence-corrected chi connectivity index (χ4v) is 3.88. The smallest absolute Gasteiger partial charge is 0.253 e. The number of rotatable bonds is 5. The van der Waals surface area contributed by atoms with E-state index in [0.29, 0.717) is 5.92 Å². The number of nitrogens with zero attached hydrogens (tertiary/aromatic N) is 2. The van der Waals surface area contributed by atoms with Crippen LogP contribution in [0.5, 0.6) is 0 Å². The first-order valence-electron chi connectivity index (χ1n) is 8.11. The average Bonchev–Trinajstić information content (AvgIpc) is 3.23. The van der Waals surface area contributed by atoms with Gasteiger partial charge in [-0.15, -0.1) is 11.3 Å². The summed E-state index contributed by atoms with van der Waals surface area (Å²) in [5, 5.41) is 3.39. The van der Waals surface area contributed by atoms with E-state index in [2.05, 4.69) is 16.4 Å². The van der Waals surface area contributed by atoms with Crippen LogP contribution in [-0.2, 0) is 6.42 Å². The largest absolute Gasteiger partial charge is 0.341 e. The van der Waals surface area contributed by atoms with Crippen molar-refractivity contribution in [3.05, 3.63) is 51.5 Å². The lowest BCUT2D eigenvalue weighted by atomic mass is 9.93. The fourth-order valence-electron chi connectivity index (χ4n) is 3.11. The quantitative estimate of drug-likeness (QED) is 0.917. The number of nitrogens with one attached hydrogen (secondary N) is 1. The molecule has 1 saturated heterocycles. The summed E-state index contributed by atoms with van der Waals surface area (Å²) in [6.45, 7) is 4.75. The van der Waals surface area contributed by atoms with Gasteiger partial charge in [0.05, 0.1) is 11.2 Å². The summed E-state index contributed by atoms with van der Waals surface area (Å²) < 4.78 is 0. The highest BCUT2D eigenvalue weighted by atomic mass is 32.1. The van der Waals surface area contributed by atoms with Crippen LogP contribution in [0.1, 0.15) is 38.8 Å². The Balaban J connectivity index is 1.71. The zero-order valence-electron chi connectivity index (χ0n) is 13.7. The molecule has 1 N–H and O–H groups in total. The highest BCUT2D eigenvalue weighted by Crippen LogP contribution is 2.26. The fraction of sp³-hybridized carbons (Fsp3) is 0.444. The van der Waals surface area contributed by atoms with Crippen LogP contribution in [-0.4, -0.2) is 42.5 Å². The molecule has 4 nitrogen and oxygen atoms in total. The summed E-state index contributed by atoms with van der Waals surface area (Å²) in [5.74, 6) is 0.571. The lowest BCUT2D eigenvalue weighted by Crippen LogP contribution is -2.30. The van der Waals surface area contributed by atoms with Crippen LogP contribution < -0.4 is 5.32 Å². The Morgan fingerprint density at radius 3 is 2.96 bits per heavy atom. The summed E-state index contributed by atoms with van der Waals surface area (Å²) in [4.78, 5) is 20.2. The van der Waals surface area contributed by atoms with E-state index in [4.69, 9.17) is 0 Å². The normalized spacial score (nSPS) is 17.4. The van der Waals surface area contributed by atoms with E-state index in [0.717, 1.165) is 43.7 Å². The maximum Gasteiger partial charge on any atom is 0.253 e. The third kappa shape index (κ3) is 3.62. The molecule has 1 atom stereocenters. The van der Waals surface area contributed by atoms with Gasteiger partial charge in [-0.3, -0.25) is 4.79 Å². The Labute approximate surface area is 141 Å². The Morgan fingerprint density at radius 2 is 2.26 bits per heavy atom. The first kappa shape index (κ1) is 16.1. The van der Waals surface area contributed by atoms with Crippen molar-refractivity contribution in [2.45, 2.75) is 25.7 Å². The van der Waals surface area contributed by atoms with E-state index in [9.17, 15) is 4.79 Å². The Bertz CT molecular complexity index is 676. The zero-order valence-corrected chi connectivity index (χ0v) is 14.5. The van der Waals surface area contributed by atoms with Crippen LogP contribution in [0.3, 0.4) is 0 Å². The molecule has 1 aromatic heterocycles. The summed E-state index contributed by atoms with van der Waals surface area (Å²) >= 11 is 1.67. The van der Waals surface area contributed by atoms with Crippen molar-refractivity contribution < 1.29 is 4.79 Å². The number of hydrogen-bond acceptors (Lipinski definition) is 4. The highest BCUT2D eigenvalue weighted by Gasteiger charge is 2.23. The molecule has 0 bridgehead atoms. The van der Waals surface area contributed by atoms with Crippen LogP contribution in [0.15, 0.2) is 29.8 Å². The minimum atomic E-state index is 0.120. The van der Waals surface area contributed by atoms with E-state index in [1.807, 2.05) is 42.6 Å². The number of carbonyl (C=O) groups is 1. The summed E-state index contributed by atoms with van der Waals surface area (Å²) in [6.07, 6.45) is 1.97. The topological polar surface area (TPSA) is 45.2 Å². The number of aromatic nitrogens is 1. The number of hydrogen-bond donors (Lipinski definition) is 1. The van der Waals surface area contributed by atoms with Gasteiger partial charge in [0, 0.05) is 37.0 Å². The van der Waals surface area contributed by atoms with E-state index < -0.39 is 0 Å². The molecule has 1 amide bonds. The first-order chi connectivity index (χ1) is 11.2. The van der Waals surface area contributed by atoms with Crippen LogP contribution in [0.4, 0.5) is 0 Å². The Morgan fingerprint density at radius 1 is 1.43 bits per heavy atom. The minimum absolute atomic E-state index is 0.120. The van der Waals surface area contributed by atoms with Crippen molar-refractivity contribution in [1.29, 1.82) is 0 Å². The molecule has 1 aliphatic heterocycles. The minimum Gasteiger partial charge on any atom is -0.341 e. The molecule has 0 saturated carbocycles. The molecule has 0 unspecified atom stereocenters. The average molecular weight is 329 g/mol. The van der Waals surface area contributed by atoms with E-state index >= 15 is 0 Å². The molecular formula is C18H23N3OS. The third-order valence-electron chi connectivity index (χ3n) is 4.56. The molecule has 1 aliphatic rings. The van der Waals surface area contributed by atoms with Crippen molar-refractivity contribution in [2.24, 2.45) is 0 Å². The van der Waals surface area contributed by atoms with Gasteiger partial charge in [0.1, 0.15) is 0 Å². The van der Waals surface area contributed by atoms with E-state index in [1.165, 1.54) is 10.4 Å². The molecule has 0 aliphatic carbocycles. The summed E-state index contributed by atoms with van der Waals surface area (Å²) in [6, 6.07) is 8.06. The lowest BCUT2D eigenvalue weighted by Gasteiger charge is -2.20. The van der Waals surface area contributed by atoms with Gasteiger partial charge in [-0.2, -0.15) is 0 Å². The molecule has 23 heavy (non-hydrogen) atoms. The van der Waals surface area contributed by atoms with Crippen LogP contribution in [0.25, 0.3) is 0 Å². The zero-order chi connectivity index (χ0) is 16.2. The predicted octanol–water partition coefficient (Wildman–Crippen LogP) is 2.84. The Kier molecular flexibility index (Phi) is 5.08. The second kappa shape index (κ2) is 7.23. The van der Waals surface area contributed by atoms with Crippen LogP contribution in [0.2, 0.25) is 0 Å². The second-order valence-corrected chi connectivity index (χ2v) is 7.05. The second-order valence-electron chi connectivity index (χ2n) is 6.11. The van der Waals surface area contributed by atoms with E-state index in [1.54, 1.807) is 11.3 Å². The molecule has 1 fully saturated rings. The molecule has 0 spiro atoms. The number of carbonyl (C=O) groups excluding carboxylic acids is 1. The van der Waals surface area contributed by atoms with Gasteiger partial charge in [0.2, 0.25) is 0 Å². The Hall–Kier alpha value is -1.72. The standard InChI is InChI=1S/C18H23N3OS/c1-13-17(23-12-20-13)8-10-21(2)18(22)16-6-4-3-5-15(16)14-7-9-19-11-14/h3-6,12,14,19H,7-11H2,1-2H3/t14-/m1/s1. The van der Waals surface area contributed by atoms with Gasteiger partial charge in [-0.05, 0) is 37.4 Å². The predicted molar refractivity (Wildman–Crippen MR) is 94.2 cm³/mol. The SMILES string of the molecule is Cc1ncsc1CCN(C)C(=O)c1ccccc1[C@@H]1CCNC1. The molecule has 0 radical (unpaired) electrons. The maximum absolute atomic E-state index is 12.9. The monoisotopic (exact) mass is 329 g/mol. The molecule has 122 valence electrons. The maximum atomic E-state index is 12.9. The van der Waals surface area contributed by atoms with Crippen molar-refractivity contribution in [1.82, 2.24) is 15.2 Å². The highest BCUT2D eigenvalue weighted by molar-refractivity contribution is 7.09. The van der Waals surface area contributed by atoms with Gasteiger partial charge in [0.15, 0.2) is 0 Å². The molecule has 5 heteroatoms. The molecule has 1 aromatic carbocycles. The first-order valence-corrected chi connectivity index (χ1v) is 8.99. The van der Waals surface area contributed by atoms with Crippen LogP contribution in [0, 0.1) is 6.92 Å². The van der Waals surface area contributed by atoms with Gasteiger partial charge in [-0.1, -0.05) is 18.2 Å². The van der Waals surface area contributed by atoms with Gasteiger partial charge in [0.25, 0.3) is 5.91 Å². The molecule has 3 rings (SSSR count). The molecule has 2 heterocycles. The van der Waals surface area contributed by atoms with Crippen molar-refractivity contribution >= 4 is 17.2 Å². The van der Waals surface area contributed by atoms with Crippen molar-refractivity contribution in [3.8, 4) is 0 Å². The van der Waals surface area contributed by atoms with Gasteiger partial charge < -0.3 is 10.2 Å². The number of benzene rings is 1. The van der Waals surface area contributed by atoms with Gasteiger partial charge >= 0.3 is 0 Å². The lowest BCUT2D eigenvalue weighted by molar-refractivity contribution is 0.0795. The molecular weight excluding hydrogens is 306 g/mol. The summed E-state index contributed by atoms with van der Waals surface area (Å²) in [7, 11) is 1.89. The number of aryl methyl sites for hydroxylation is 1. The van der Waals surface area contributed by atoms with Gasteiger partial charge in [-0.25, -0.2) is 4.98 Å². The summed E-state index contributed by atoms with van der Waals surface area (Å²) in [5.41, 5.74) is 4.98. The number of amides is 1.